The summed E-state index contributed by atoms with van der Waals surface area (Å²) >= 11 is 3.36. The standard InChI is InChI=1S/C14H10BrO2/c15-13-7-6-12(9-16)8-14(13)17-10-11-4-2-1-3-5-11/h1-5,7-9H,10H2. The van der Waals surface area contributed by atoms with Gasteiger partial charge in [-0.25, -0.2) is 0 Å². The molecule has 2 rings (SSSR count). The molecule has 0 bridgehead atoms. The molecule has 0 unspecified atom stereocenters. The first-order chi connectivity index (χ1) is 8.29. The molecule has 0 aliphatic rings. The monoisotopic (exact) mass is 289 g/mol. The van der Waals surface area contributed by atoms with Gasteiger partial charge in [0.1, 0.15) is 12.4 Å². The molecule has 0 spiro atoms. The summed E-state index contributed by atoms with van der Waals surface area (Å²) < 4.78 is 6.43. The molecule has 3 heteroatoms. The molecule has 0 heterocycles. The summed E-state index contributed by atoms with van der Waals surface area (Å²) in [7, 11) is 0. The van der Waals surface area contributed by atoms with Crippen LogP contribution in [-0.2, 0) is 6.61 Å². The van der Waals surface area contributed by atoms with E-state index in [0.717, 1.165) is 16.3 Å². The number of hydrogen-bond donors (Lipinski definition) is 0. The summed E-state index contributed by atoms with van der Waals surface area (Å²) in [6.45, 7) is 0.474. The lowest BCUT2D eigenvalue weighted by molar-refractivity contribution is 0.112. The van der Waals surface area contributed by atoms with E-state index in [1.54, 1.807) is 12.1 Å². The minimum atomic E-state index is 0.474. The highest BCUT2D eigenvalue weighted by molar-refractivity contribution is 9.10. The number of carbonyl (C=O) groups excluding carboxylic acids is 1. The Morgan fingerprint density at radius 3 is 2.76 bits per heavy atom. The quantitative estimate of drug-likeness (QED) is 0.804. The van der Waals surface area contributed by atoms with Crippen molar-refractivity contribution in [1.29, 1.82) is 0 Å². The first kappa shape index (κ1) is 11.9. The van der Waals surface area contributed by atoms with Crippen LogP contribution in [-0.4, -0.2) is 6.29 Å². The van der Waals surface area contributed by atoms with Crippen LogP contribution >= 0.6 is 15.9 Å². The predicted octanol–water partition coefficient (Wildman–Crippen LogP) is 3.64. The van der Waals surface area contributed by atoms with E-state index in [-0.39, 0.29) is 0 Å². The maximum Gasteiger partial charge on any atom is 0.150 e. The van der Waals surface area contributed by atoms with Crippen LogP contribution in [0.2, 0.25) is 0 Å². The van der Waals surface area contributed by atoms with Crippen molar-refractivity contribution >= 4 is 22.2 Å². The van der Waals surface area contributed by atoms with Gasteiger partial charge in [-0.2, -0.15) is 0 Å². The second-order valence-electron chi connectivity index (χ2n) is 3.49. The average molecular weight is 290 g/mol. The predicted molar refractivity (Wildman–Crippen MR) is 69.1 cm³/mol. The fourth-order valence-corrected chi connectivity index (χ4v) is 1.73. The molecule has 0 atom stereocenters. The third-order valence-corrected chi connectivity index (χ3v) is 2.87. The van der Waals surface area contributed by atoms with Gasteiger partial charge in [-0.1, -0.05) is 30.3 Å². The summed E-state index contributed by atoms with van der Waals surface area (Å²) in [5.41, 5.74) is 1.57. The van der Waals surface area contributed by atoms with Gasteiger partial charge >= 0.3 is 0 Å². The van der Waals surface area contributed by atoms with E-state index in [4.69, 9.17) is 4.74 Å². The highest BCUT2D eigenvalue weighted by Crippen LogP contribution is 2.26. The van der Waals surface area contributed by atoms with E-state index in [0.29, 0.717) is 17.9 Å². The van der Waals surface area contributed by atoms with E-state index in [9.17, 15) is 4.79 Å². The van der Waals surface area contributed by atoms with E-state index in [1.807, 2.05) is 30.3 Å². The molecular weight excluding hydrogens is 280 g/mol. The molecule has 2 aromatic carbocycles. The molecule has 1 radical (unpaired) electrons. The number of carbonyl (C=O) groups is 1. The van der Waals surface area contributed by atoms with Gasteiger partial charge < -0.3 is 4.74 Å². The van der Waals surface area contributed by atoms with Gasteiger partial charge in [-0.15, -0.1) is 0 Å². The summed E-state index contributed by atoms with van der Waals surface area (Å²) in [6, 6.07) is 16.0. The number of ether oxygens (including phenoxy) is 1. The number of benzene rings is 2. The van der Waals surface area contributed by atoms with Gasteiger partial charge in [-0.3, -0.25) is 4.79 Å². The average Bonchev–Trinajstić information content (AvgIpc) is 2.39. The van der Waals surface area contributed by atoms with Crippen LogP contribution in [0.3, 0.4) is 0 Å². The lowest BCUT2D eigenvalue weighted by Gasteiger charge is -2.08. The molecule has 85 valence electrons. The lowest BCUT2D eigenvalue weighted by atomic mass is 10.2. The van der Waals surface area contributed by atoms with Crippen LogP contribution in [0.5, 0.6) is 5.75 Å². The molecule has 0 N–H and O–H groups in total. The van der Waals surface area contributed by atoms with Gasteiger partial charge in [-0.05, 0) is 39.7 Å². The van der Waals surface area contributed by atoms with Gasteiger partial charge in [0, 0.05) is 5.56 Å². The first-order valence-electron chi connectivity index (χ1n) is 5.13. The highest BCUT2D eigenvalue weighted by Gasteiger charge is 2.03. The van der Waals surface area contributed by atoms with Crippen molar-refractivity contribution in [2.75, 3.05) is 0 Å². The Morgan fingerprint density at radius 2 is 2.06 bits per heavy atom. The van der Waals surface area contributed by atoms with Gasteiger partial charge in [0.15, 0.2) is 6.29 Å². The second-order valence-corrected chi connectivity index (χ2v) is 4.35. The molecule has 2 nitrogen and oxygen atoms in total. The fraction of sp³-hybridized carbons (Fsp3) is 0.0714. The van der Waals surface area contributed by atoms with Crippen LogP contribution in [0.15, 0.2) is 46.9 Å². The van der Waals surface area contributed by atoms with Crippen molar-refractivity contribution in [2.45, 2.75) is 6.61 Å². The van der Waals surface area contributed by atoms with Crippen molar-refractivity contribution in [2.24, 2.45) is 0 Å². The lowest BCUT2D eigenvalue weighted by Crippen LogP contribution is -1.96. The molecule has 17 heavy (non-hydrogen) atoms. The Morgan fingerprint density at radius 1 is 1.29 bits per heavy atom. The third-order valence-electron chi connectivity index (χ3n) is 2.25. The summed E-state index contributed by atoms with van der Waals surface area (Å²) in [5.74, 6) is 0.648. The van der Waals surface area contributed by atoms with E-state index in [1.165, 1.54) is 0 Å². The zero-order valence-electron chi connectivity index (χ0n) is 9.02. The molecule has 2 aromatic rings. The van der Waals surface area contributed by atoms with Crippen molar-refractivity contribution in [1.82, 2.24) is 0 Å². The highest BCUT2D eigenvalue weighted by atomic mass is 79.9. The summed E-state index contributed by atoms with van der Waals surface area (Å²) in [4.78, 5) is 10.6. The van der Waals surface area contributed by atoms with E-state index < -0.39 is 0 Å². The van der Waals surface area contributed by atoms with Crippen molar-refractivity contribution in [3.05, 3.63) is 64.1 Å². The Balaban J connectivity index is 2.11. The van der Waals surface area contributed by atoms with Crippen LogP contribution in [0.4, 0.5) is 0 Å². The maximum absolute atomic E-state index is 10.6. The Bertz CT molecular complexity index is 509. The molecule has 0 amide bonds. The smallest absolute Gasteiger partial charge is 0.150 e. The number of halogens is 1. The van der Waals surface area contributed by atoms with E-state index >= 15 is 0 Å². The zero-order valence-corrected chi connectivity index (χ0v) is 10.6. The molecule has 0 aliphatic carbocycles. The molecule has 0 aromatic heterocycles. The molecule has 0 saturated heterocycles. The topological polar surface area (TPSA) is 26.3 Å². The van der Waals surface area contributed by atoms with Crippen molar-refractivity contribution < 1.29 is 9.53 Å². The van der Waals surface area contributed by atoms with Crippen molar-refractivity contribution in [3.63, 3.8) is 0 Å². The molecule has 0 aliphatic heterocycles. The van der Waals surface area contributed by atoms with Crippen LogP contribution in [0.25, 0.3) is 0 Å². The molecule has 0 saturated carbocycles. The van der Waals surface area contributed by atoms with Crippen LogP contribution in [0, 0.1) is 6.07 Å². The first-order valence-corrected chi connectivity index (χ1v) is 5.92. The summed E-state index contributed by atoms with van der Waals surface area (Å²) in [6.07, 6.45) is 0.752. The van der Waals surface area contributed by atoms with Crippen LogP contribution in [0.1, 0.15) is 15.9 Å². The Kier molecular flexibility index (Phi) is 3.94. The molecular formula is C14H10BrO2. The third kappa shape index (κ3) is 3.17. The Labute approximate surface area is 108 Å². The molecule has 0 fully saturated rings. The van der Waals surface area contributed by atoms with Gasteiger partial charge in [0.2, 0.25) is 0 Å². The van der Waals surface area contributed by atoms with Gasteiger partial charge in [0.05, 0.1) is 4.47 Å². The second kappa shape index (κ2) is 5.64. The number of hydrogen-bond acceptors (Lipinski definition) is 2. The van der Waals surface area contributed by atoms with E-state index in [2.05, 4.69) is 22.0 Å². The largest absolute Gasteiger partial charge is 0.488 e. The minimum Gasteiger partial charge on any atom is -0.488 e. The zero-order chi connectivity index (χ0) is 12.1. The minimum absolute atomic E-state index is 0.474. The number of rotatable bonds is 4. The normalized spacial score (nSPS) is 9.94. The maximum atomic E-state index is 10.6. The van der Waals surface area contributed by atoms with Gasteiger partial charge in [0.25, 0.3) is 0 Å². The summed E-state index contributed by atoms with van der Waals surface area (Å²) in [5, 5.41) is 0. The fourth-order valence-electron chi connectivity index (χ4n) is 1.38. The van der Waals surface area contributed by atoms with Crippen LogP contribution < -0.4 is 4.74 Å². The SMILES string of the molecule is O=Cc1[c]cc(Br)c(OCc2ccccc2)c1. The number of aldehydes is 1. The Hall–Kier alpha value is -1.61. The van der Waals surface area contributed by atoms with Crippen molar-refractivity contribution in [3.8, 4) is 5.75 Å².